The molecule has 1 fully saturated rings. The van der Waals surface area contributed by atoms with Gasteiger partial charge in [-0.2, -0.15) is 0 Å². The Hall–Kier alpha value is -3.09. The number of benzene rings is 1. The molecule has 7 nitrogen and oxygen atoms in total. The Morgan fingerprint density at radius 1 is 1.13 bits per heavy atom. The summed E-state index contributed by atoms with van der Waals surface area (Å²) >= 11 is 0. The fourth-order valence-corrected chi connectivity index (χ4v) is 3.68. The van der Waals surface area contributed by atoms with Crippen LogP contribution in [-0.4, -0.2) is 48.7 Å². The molecule has 0 aliphatic carbocycles. The van der Waals surface area contributed by atoms with Crippen molar-refractivity contribution in [2.45, 2.75) is 32.7 Å². The predicted molar refractivity (Wildman–Crippen MR) is 118 cm³/mol. The van der Waals surface area contributed by atoms with Crippen LogP contribution < -0.4 is 10.1 Å². The van der Waals surface area contributed by atoms with Gasteiger partial charge in [0, 0.05) is 30.8 Å². The number of rotatable bonds is 7. The van der Waals surface area contributed by atoms with Crippen molar-refractivity contribution in [3.63, 3.8) is 0 Å². The first kappa shape index (κ1) is 22.6. The average molecular weight is 426 g/mol. The predicted octanol–water partition coefficient (Wildman–Crippen LogP) is 3.80. The van der Waals surface area contributed by atoms with Crippen molar-refractivity contribution in [1.29, 1.82) is 0 Å². The highest BCUT2D eigenvalue weighted by molar-refractivity contribution is 5.80. The van der Waals surface area contributed by atoms with Crippen LogP contribution in [0.2, 0.25) is 0 Å². The van der Waals surface area contributed by atoms with Crippen LogP contribution in [0.1, 0.15) is 44.0 Å². The van der Waals surface area contributed by atoms with Crippen molar-refractivity contribution in [2.24, 2.45) is 11.8 Å². The lowest BCUT2D eigenvalue weighted by Gasteiger charge is -2.32. The number of ether oxygens (including phenoxy) is 2. The highest BCUT2D eigenvalue weighted by atomic mass is 16.6. The minimum atomic E-state index is -0.418. The number of likely N-dealkylation sites (tertiary alicyclic amines) is 1. The number of para-hydroxylation sites is 1. The SMILES string of the molecule is COc1ccccc1C(NC(=O)C1CCN(C(=O)OCC(C)C)CC1)c1ccccn1. The first-order valence-corrected chi connectivity index (χ1v) is 10.8. The van der Waals surface area contributed by atoms with Gasteiger partial charge >= 0.3 is 6.09 Å². The van der Waals surface area contributed by atoms with Gasteiger partial charge in [-0.1, -0.05) is 38.1 Å². The lowest BCUT2D eigenvalue weighted by Crippen LogP contribution is -2.44. The molecule has 1 aromatic carbocycles. The molecule has 2 amide bonds. The summed E-state index contributed by atoms with van der Waals surface area (Å²) in [6.07, 6.45) is 2.62. The van der Waals surface area contributed by atoms with Gasteiger partial charge in [0.25, 0.3) is 0 Å². The van der Waals surface area contributed by atoms with E-state index >= 15 is 0 Å². The van der Waals surface area contributed by atoms with Crippen molar-refractivity contribution in [2.75, 3.05) is 26.8 Å². The second kappa shape index (κ2) is 10.8. The molecule has 3 rings (SSSR count). The second-order valence-corrected chi connectivity index (χ2v) is 8.17. The van der Waals surface area contributed by atoms with Crippen molar-refractivity contribution < 1.29 is 19.1 Å². The van der Waals surface area contributed by atoms with Gasteiger partial charge in [0.05, 0.1) is 25.5 Å². The first-order chi connectivity index (χ1) is 15.0. The van der Waals surface area contributed by atoms with Gasteiger partial charge in [-0.3, -0.25) is 9.78 Å². The Kier molecular flexibility index (Phi) is 7.87. The molecule has 1 aliphatic heterocycles. The molecular weight excluding hydrogens is 394 g/mol. The normalized spacial score (nSPS) is 15.4. The Balaban J connectivity index is 1.67. The number of nitrogens with zero attached hydrogens (tertiary/aromatic N) is 2. The molecule has 2 heterocycles. The van der Waals surface area contributed by atoms with Crippen molar-refractivity contribution in [1.82, 2.24) is 15.2 Å². The maximum absolute atomic E-state index is 13.1. The van der Waals surface area contributed by atoms with E-state index in [2.05, 4.69) is 10.3 Å². The Morgan fingerprint density at radius 2 is 1.84 bits per heavy atom. The maximum Gasteiger partial charge on any atom is 0.409 e. The van der Waals surface area contributed by atoms with E-state index in [9.17, 15) is 9.59 Å². The van der Waals surface area contributed by atoms with Gasteiger partial charge in [0.15, 0.2) is 0 Å². The quantitative estimate of drug-likeness (QED) is 0.730. The van der Waals surface area contributed by atoms with Gasteiger partial charge < -0.3 is 19.7 Å². The summed E-state index contributed by atoms with van der Waals surface area (Å²) in [4.78, 5) is 31.5. The zero-order chi connectivity index (χ0) is 22.2. The van der Waals surface area contributed by atoms with E-state index in [1.165, 1.54) is 0 Å². The fourth-order valence-electron chi connectivity index (χ4n) is 3.68. The van der Waals surface area contributed by atoms with E-state index < -0.39 is 6.04 Å². The van der Waals surface area contributed by atoms with Gasteiger partial charge in [-0.15, -0.1) is 0 Å². The summed E-state index contributed by atoms with van der Waals surface area (Å²) in [5, 5.41) is 3.16. The molecule has 0 bridgehead atoms. The number of hydrogen-bond acceptors (Lipinski definition) is 5. The molecule has 0 spiro atoms. The summed E-state index contributed by atoms with van der Waals surface area (Å²) in [6, 6.07) is 12.8. The molecule has 1 saturated heterocycles. The number of pyridine rings is 1. The number of nitrogens with one attached hydrogen (secondary N) is 1. The molecule has 1 aromatic heterocycles. The second-order valence-electron chi connectivity index (χ2n) is 8.17. The van der Waals surface area contributed by atoms with E-state index in [4.69, 9.17) is 9.47 Å². The van der Waals surface area contributed by atoms with Crippen LogP contribution >= 0.6 is 0 Å². The summed E-state index contributed by atoms with van der Waals surface area (Å²) < 4.78 is 10.8. The smallest absolute Gasteiger partial charge is 0.409 e. The summed E-state index contributed by atoms with van der Waals surface area (Å²) in [7, 11) is 1.62. The van der Waals surface area contributed by atoms with Crippen LogP contribution in [0, 0.1) is 11.8 Å². The molecule has 1 atom stereocenters. The highest BCUT2D eigenvalue weighted by Gasteiger charge is 2.30. The number of carbonyl (C=O) groups excluding carboxylic acids is 2. The molecule has 166 valence electrons. The molecule has 0 radical (unpaired) electrons. The minimum absolute atomic E-state index is 0.0447. The lowest BCUT2D eigenvalue weighted by molar-refractivity contribution is -0.126. The van der Waals surface area contributed by atoms with Crippen molar-refractivity contribution in [3.8, 4) is 5.75 Å². The molecule has 1 N–H and O–H groups in total. The number of aromatic nitrogens is 1. The van der Waals surface area contributed by atoms with Crippen LogP contribution in [0.15, 0.2) is 48.7 Å². The zero-order valence-electron chi connectivity index (χ0n) is 18.4. The largest absolute Gasteiger partial charge is 0.496 e. The number of carbonyl (C=O) groups is 2. The topological polar surface area (TPSA) is 80.8 Å². The number of amides is 2. The summed E-state index contributed by atoms with van der Waals surface area (Å²) in [5.74, 6) is 0.777. The Morgan fingerprint density at radius 3 is 2.48 bits per heavy atom. The van der Waals surface area contributed by atoms with E-state index in [-0.39, 0.29) is 17.9 Å². The zero-order valence-corrected chi connectivity index (χ0v) is 18.4. The van der Waals surface area contributed by atoms with Gasteiger partial charge in [-0.05, 0) is 37.0 Å². The van der Waals surface area contributed by atoms with Crippen LogP contribution in [0.3, 0.4) is 0 Å². The fraction of sp³-hybridized carbons (Fsp3) is 0.458. The van der Waals surface area contributed by atoms with Crippen molar-refractivity contribution in [3.05, 3.63) is 59.9 Å². The van der Waals surface area contributed by atoms with Crippen LogP contribution in [0.25, 0.3) is 0 Å². The lowest BCUT2D eigenvalue weighted by atomic mass is 9.94. The summed E-state index contributed by atoms with van der Waals surface area (Å²) in [6.45, 7) is 5.44. The molecular formula is C24H31N3O4. The first-order valence-electron chi connectivity index (χ1n) is 10.8. The van der Waals surface area contributed by atoms with Gasteiger partial charge in [0.2, 0.25) is 5.91 Å². The molecule has 1 aliphatic rings. The highest BCUT2D eigenvalue weighted by Crippen LogP contribution is 2.30. The standard InChI is InChI=1S/C24H31N3O4/c1-17(2)16-31-24(29)27-14-11-18(12-15-27)23(28)26-22(20-9-6-7-13-25-20)19-8-4-5-10-21(19)30-3/h4-10,13,17-18,22H,11-12,14-16H2,1-3H3,(H,26,28). The minimum Gasteiger partial charge on any atom is -0.496 e. The van der Waals surface area contributed by atoms with Crippen LogP contribution in [0.4, 0.5) is 4.79 Å². The molecule has 31 heavy (non-hydrogen) atoms. The van der Waals surface area contributed by atoms with E-state index in [1.807, 2.05) is 56.3 Å². The van der Waals surface area contributed by atoms with E-state index in [0.29, 0.717) is 44.2 Å². The average Bonchev–Trinajstić information content (AvgIpc) is 2.81. The summed E-state index contributed by atoms with van der Waals surface area (Å²) in [5.41, 5.74) is 1.60. The maximum atomic E-state index is 13.1. The Bertz CT molecular complexity index is 864. The monoisotopic (exact) mass is 425 g/mol. The van der Waals surface area contributed by atoms with Gasteiger partial charge in [-0.25, -0.2) is 4.79 Å². The van der Waals surface area contributed by atoms with E-state index in [0.717, 1.165) is 11.3 Å². The third-order valence-corrected chi connectivity index (χ3v) is 5.38. The third-order valence-electron chi connectivity index (χ3n) is 5.38. The molecule has 0 saturated carbocycles. The van der Waals surface area contributed by atoms with Crippen molar-refractivity contribution >= 4 is 12.0 Å². The molecule has 7 heteroatoms. The van der Waals surface area contributed by atoms with Crippen LogP contribution in [-0.2, 0) is 9.53 Å². The Labute approximate surface area is 183 Å². The number of methoxy groups -OCH3 is 1. The molecule has 1 unspecified atom stereocenters. The third kappa shape index (κ3) is 5.96. The molecule has 2 aromatic rings. The number of piperidine rings is 1. The number of hydrogen-bond donors (Lipinski definition) is 1. The van der Waals surface area contributed by atoms with Gasteiger partial charge in [0.1, 0.15) is 5.75 Å². The van der Waals surface area contributed by atoms with E-state index in [1.54, 1.807) is 18.2 Å². The van der Waals surface area contributed by atoms with Crippen LogP contribution in [0.5, 0.6) is 5.75 Å².